The lowest BCUT2D eigenvalue weighted by Gasteiger charge is -2.07. The molecule has 0 aliphatic carbocycles. The predicted molar refractivity (Wildman–Crippen MR) is 77.9 cm³/mol. The first-order chi connectivity index (χ1) is 10.1. The molecular weight excluding hydrogens is 292 g/mol. The van der Waals surface area contributed by atoms with Gasteiger partial charge in [-0.2, -0.15) is 0 Å². The average Bonchev–Trinajstić information content (AvgIpc) is 2.95. The second-order valence-corrected chi connectivity index (χ2v) is 5.16. The van der Waals surface area contributed by atoms with Crippen molar-refractivity contribution in [2.24, 2.45) is 0 Å². The summed E-state index contributed by atoms with van der Waals surface area (Å²) in [4.78, 5) is 12.1. The van der Waals surface area contributed by atoms with Crippen molar-refractivity contribution >= 4 is 17.6 Å². The zero-order valence-electron chi connectivity index (χ0n) is 11.4. The first-order valence-electron chi connectivity index (χ1n) is 6.45. The first-order valence-corrected chi connectivity index (χ1v) is 6.83. The molecule has 2 aromatic carbocycles. The maximum Gasteiger partial charge on any atom is 0.338 e. The highest BCUT2D eigenvalue weighted by atomic mass is 35.5. The number of hydrogen-bond donors (Lipinski definition) is 0. The van der Waals surface area contributed by atoms with Gasteiger partial charge >= 0.3 is 5.97 Å². The Hall–Kier alpha value is -2.20. The van der Waals surface area contributed by atoms with Gasteiger partial charge in [0.25, 0.3) is 0 Å². The molecule has 0 amide bonds. The summed E-state index contributed by atoms with van der Waals surface area (Å²) in [6.45, 7) is 2.33. The van der Waals surface area contributed by atoms with Crippen LogP contribution in [0.4, 0.5) is 0 Å². The number of ether oxygens (including phenoxy) is 3. The van der Waals surface area contributed by atoms with E-state index in [0.717, 1.165) is 11.1 Å². The van der Waals surface area contributed by atoms with Gasteiger partial charge in [-0.25, -0.2) is 4.79 Å². The van der Waals surface area contributed by atoms with Crippen LogP contribution in [0.5, 0.6) is 11.5 Å². The van der Waals surface area contributed by atoms with Crippen LogP contribution < -0.4 is 9.47 Å². The van der Waals surface area contributed by atoms with E-state index in [1.54, 1.807) is 6.07 Å². The molecule has 0 saturated carbocycles. The summed E-state index contributed by atoms with van der Waals surface area (Å²) in [5, 5.41) is 0.340. The molecule has 108 valence electrons. The quantitative estimate of drug-likeness (QED) is 0.810. The molecule has 0 aromatic heterocycles. The van der Waals surface area contributed by atoms with Gasteiger partial charge in [-0.15, -0.1) is 0 Å². The first kappa shape index (κ1) is 13.8. The standard InChI is InChI=1S/C16H13ClO4/c1-10-2-4-11(5-3-10)8-19-16(18)12-6-13(17)15-14(7-12)20-9-21-15/h2-7H,8-9H2,1H3. The summed E-state index contributed by atoms with van der Waals surface area (Å²) in [5.41, 5.74) is 2.43. The molecule has 21 heavy (non-hydrogen) atoms. The van der Waals surface area contributed by atoms with E-state index in [1.165, 1.54) is 6.07 Å². The Morgan fingerprint density at radius 2 is 2.00 bits per heavy atom. The molecule has 1 aliphatic heterocycles. The summed E-state index contributed by atoms with van der Waals surface area (Å²) in [7, 11) is 0. The van der Waals surface area contributed by atoms with Crippen molar-refractivity contribution in [3.63, 3.8) is 0 Å². The highest BCUT2D eigenvalue weighted by molar-refractivity contribution is 6.32. The van der Waals surface area contributed by atoms with Crippen LogP contribution in [0.25, 0.3) is 0 Å². The van der Waals surface area contributed by atoms with Gasteiger partial charge in [-0.1, -0.05) is 41.4 Å². The molecule has 1 heterocycles. The van der Waals surface area contributed by atoms with Crippen LogP contribution in [-0.4, -0.2) is 12.8 Å². The summed E-state index contributed by atoms with van der Waals surface area (Å²) < 4.78 is 15.7. The van der Waals surface area contributed by atoms with Crippen LogP contribution in [0.15, 0.2) is 36.4 Å². The number of hydrogen-bond acceptors (Lipinski definition) is 4. The monoisotopic (exact) mass is 304 g/mol. The number of halogens is 1. The van der Waals surface area contributed by atoms with Gasteiger partial charge < -0.3 is 14.2 Å². The predicted octanol–water partition coefficient (Wildman–Crippen LogP) is 3.73. The Balaban J connectivity index is 1.71. The van der Waals surface area contributed by atoms with Crippen LogP contribution in [0.1, 0.15) is 21.5 Å². The van der Waals surface area contributed by atoms with Gasteiger partial charge in [0.05, 0.1) is 10.6 Å². The van der Waals surface area contributed by atoms with E-state index < -0.39 is 5.97 Å². The Morgan fingerprint density at radius 1 is 1.24 bits per heavy atom. The third-order valence-electron chi connectivity index (χ3n) is 3.15. The Bertz CT molecular complexity index is 679. The van der Waals surface area contributed by atoms with Crippen molar-refractivity contribution < 1.29 is 19.0 Å². The molecule has 0 spiro atoms. The van der Waals surface area contributed by atoms with Crippen molar-refractivity contribution in [3.8, 4) is 11.5 Å². The minimum absolute atomic E-state index is 0.108. The Labute approximate surface area is 127 Å². The van der Waals surface area contributed by atoms with Gasteiger partial charge in [-0.05, 0) is 24.6 Å². The molecule has 5 heteroatoms. The highest BCUT2D eigenvalue weighted by Gasteiger charge is 2.21. The van der Waals surface area contributed by atoms with Crippen molar-refractivity contribution in [2.45, 2.75) is 13.5 Å². The van der Waals surface area contributed by atoms with Crippen LogP contribution in [0.3, 0.4) is 0 Å². The maximum absolute atomic E-state index is 12.1. The second-order valence-electron chi connectivity index (χ2n) is 4.75. The van der Waals surface area contributed by atoms with Crippen molar-refractivity contribution in [2.75, 3.05) is 6.79 Å². The number of carbonyl (C=O) groups is 1. The second kappa shape index (κ2) is 5.66. The highest BCUT2D eigenvalue weighted by Crippen LogP contribution is 2.39. The lowest BCUT2D eigenvalue weighted by Crippen LogP contribution is -2.05. The number of rotatable bonds is 3. The van der Waals surface area contributed by atoms with Gasteiger partial charge in [0.1, 0.15) is 6.61 Å². The van der Waals surface area contributed by atoms with E-state index in [0.29, 0.717) is 22.1 Å². The topological polar surface area (TPSA) is 44.8 Å². The molecule has 4 nitrogen and oxygen atoms in total. The van der Waals surface area contributed by atoms with Gasteiger partial charge in [-0.3, -0.25) is 0 Å². The van der Waals surface area contributed by atoms with Crippen LogP contribution in [0.2, 0.25) is 5.02 Å². The van der Waals surface area contributed by atoms with Crippen LogP contribution in [0, 0.1) is 6.92 Å². The number of esters is 1. The smallest absolute Gasteiger partial charge is 0.338 e. The van der Waals surface area contributed by atoms with E-state index >= 15 is 0 Å². The minimum atomic E-state index is -0.448. The third kappa shape index (κ3) is 2.95. The number of carbonyl (C=O) groups excluding carboxylic acids is 1. The lowest BCUT2D eigenvalue weighted by atomic mass is 10.1. The van der Waals surface area contributed by atoms with Gasteiger partial charge in [0, 0.05) is 0 Å². The molecule has 0 bridgehead atoms. The van der Waals surface area contributed by atoms with E-state index in [1.807, 2.05) is 31.2 Å². The van der Waals surface area contributed by atoms with Crippen molar-refractivity contribution in [3.05, 3.63) is 58.1 Å². The molecule has 0 fully saturated rings. The van der Waals surface area contributed by atoms with E-state index in [2.05, 4.69) is 0 Å². The molecule has 2 aromatic rings. The summed E-state index contributed by atoms with van der Waals surface area (Å²) >= 11 is 6.04. The van der Waals surface area contributed by atoms with E-state index in [9.17, 15) is 4.79 Å². The molecule has 0 radical (unpaired) electrons. The molecule has 0 N–H and O–H groups in total. The van der Waals surface area contributed by atoms with Crippen LogP contribution in [-0.2, 0) is 11.3 Å². The summed E-state index contributed by atoms with van der Waals surface area (Å²) in [6, 6.07) is 10.9. The van der Waals surface area contributed by atoms with Crippen LogP contribution >= 0.6 is 11.6 Å². The largest absolute Gasteiger partial charge is 0.457 e. The number of aryl methyl sites for hydroxylation is 1. The van der Waals surface area contributed by atoms with Gasteiger partial charge in [0.2, 0.25) is 6.79 Å². The molecule has 0 atom stereocenters. The normalized spacial score (nSPS) is 12.3. The third-order valence-corrected chi connectivity index (χ3v) is 3.43. The summed E-state index contributed by atoms with van der Waals surface area (Å²) in [5.74, 6) is 0.479. The van der Waals surface area contributed by atoms with E-state index in [-0.39, 0.29) is 13.4 Å². The number of fused-ring (bicyclic) bond motifs is 1. The van der Waals surface area contributed by atoms with Gasteiger partial charge in [0.15, 0.2) is 11.5 Å². The fourth-order valence-electron chi connectivity index (χ4n) is 2.00. The molecule has 0 unspecified atom stereocenters. The zero-order valence-corrected chi connectivity index (χ0v) is 12.1. The summed E-state index contributed by atoms with van der Waals surface area (Å²) in [6.07, 6.45) is 0. The zero-order chi connectivity index (χ0) is 14.8. The Morgan fingerprint density at radius 3 is 2.76 bits per heavy atom. The molecular formula is C16H13ClO4. The lowest BCUT2D eigenvalue weighted by molar-refractivity contribution is 0.0472. The Kier molecular flexibility index (Phi) is 3.71. The fourth-order valence-corrected chi connectivity index (χ4v) is 2.27. The number of benzene rings is 2. The van der Waals surface area contributed by atoms with Crippen molar-refractivity contribution in [1.82, 2.24) is 0 Å². The average molecular weight is 305 g/mol. The fraction of sp³-hybridized carbons (Fsp3) is 0.188. The molecule has 0 saturated heterocycles. The molecule has 3 rings (SSSR count). The van der Waals surface area contributed by atoms with Crippen molar-refractivity contribution in [1.29, 1.82) is 0 Å². The van der Waals surface area contributed by atoms with E-state index in [4.69, 9.17) is 25.8 Å². The maximum atomic E-state index is 12.1. The SMILES string of the molecule is Cc1ccc(COC(=O)c2cc(Cl)c3c(c2)OCO3)cc1. The minimum Gasteiger partial charge on any atom is -0.457 e. The molecule has 1 aliphatic rings.